The molecule has 1 atom stereocenters. The van der Waals surface area contributed by atoms with E-state index in [2.05, 4.69) is 0 Å². The fourth-order valence-corrected chi connectivity index (χ4v) is 0.249. The maximum atomic E-state index is 10.6. The van der Waals surface area contributed by atoms with Gasteiger partial charge in [0, 0.05) is 0 Å². The van der Waals surface area contributed by atoms with Crippen molar-refractivity contribution in [1.82, 2.24) is 0 Å². The topological polar surface area (TPSA) is 43.1 Å². The van der Waals surface area contributed by atoms with E-state index in [4.69, 9.17) is 5.73 Å². The van der Waals surface area contributed by atoms with Crippen LogP contribution in [0.2, 0.25) is 0 Å². The normalized spacial score (nSPS) is 17.5. The van der Waals surface area contributed by atoms with E-state index in [-0.39, 0.29) is 5.78 Å². The van der Waals surface area contributed by atoms with Gasteiger partial charge in [-0.1, -0.05) is 6.92 Å². The van der Waals surface area contributed by atoms with Gasteiger partial charge in [0.2, 0.25) is 0 Å². The summed E-state index contributed by atoms with van der Waals surface area (Å²) in [6, 6.07) is 0. The number of nitrogens with two attached hydrogens (primary N) is 1. The van der Waals surface area contributed by atoms with Gasteiger partial charge in [0.05, 0.1) is 5.54 Å². The molecule has 0 spiro atoms. The smallest absolute Gasteiger partial charge is 0.149 e. The molecular formula is C6H13NO. The fourth-order valence-electron chi connectivity index (χ4n) is 0.249. The summed E-state index contributed by atoms with van der Waals surface area (Å²) in [7, 11) is 0. The molecule has 0 radical (unpaired) electrons. The summed E-state index contributed by atoms with van der Waals surface area (Å²) in [6.45, 7) is 5.17. The largest absolute Gasteiger partial charge is 0.319 e. The van der Waals surface area contributed by atoms with Crippen molar-refractivity contribution in [1.29, 1.82) is 0 Å². The molecular weight excluding hydrogens is 102 g/mol. The highest BCUT2D eigenvalue weighted by Gasteiger charge is 2.20. The van der Waals surface area contributed by atoms with Gasteiger partial charge in [-0.3, -0.25) is 4.79 Å². The van der Waals surface area contributed by atoms with Gasteiger partial charge in [0.15, 0.2) is 0 Å². The molecule has 0 aromatic carbocycles. The van der Waals surface area contributed by atoms with E-state index in [1.165, 1.54) is 6.92 Å². The van der Waals surface area contributed by atoms with Crippen LogP contribution in [0.1, 0.15) is 27.2 Å². The first-order valence-electron chi connectivity index (χ1n) is 2.80. The van der Waals surface area contributed by atoms with Gasteiger partial charge in [-0.15, -0.1) is 0 Å². The third-order valence-corrected chi connectivity index (χ3v) is 1.54. The van der Waals surface area contributed by atoms with Crippen LogP contribution >= 0.6 is 0 Å². The van der Waals surface area contributed by atoms with Crippen molar-refractivity contribution in [2.45, 2.75) is 32.7 Å². The van der Waals surface area contributed by atoms with Crippen molar-refractivity contribution < 1.29 is 4.79 Å². The highest BCUT2D eigenvalue weighted by molar-refractivity contribution is 5.85. The van der Waals surface area contributed by atoms with E-state index in [1.54, 1.807) is 6.92 Å². The Labute approximate surface area is 50.1 Å². The molecule has 0 saturated heterocycles. The molecule has 0 aliphatic carbocycles. The molecule has 0 saturated carbocycles. The molecule has 0 heterocycles. The Morgan fingerprint density at radius 1 is 1.75 bits per heavy atom. The van der Waals surface area contributed by atoms with Gasteiger partial charge in [-0.05, 0) is 20.3 Å². The Balaban J connectivity index is 3.91. The van der Waals surface area contributed by atoms with E-state index < -0.39 is 5.54 Å². The summed E-state index contributed by atoms with van der Waals surface area (Å²) < 4.78 is 0. The molecule has 0 fully saturated rings. The minimum absolute atomic E-state index is 0.0556. The lowest BCUT2D eigenvalue weighted by atomic mass is 9.96. The van der Waals surface area contributed by atoms with Crippen molar-refractivity contribution in [2.24, 2.45) is 5.73 Å². The first-order chi connectivity index (χ1) is 3.50. The summed E-state index contributed by atoms with van der Waals surface area (Å²) in [4.78, 5) is 10.6. The molecule has 0 aliphatic rings. The third kappa shape index (κ3) is 1.62. The molecule has 1 unspecified atom stereocenters. The zero-order chi connectivity index (χ0) is 6.78. The van der Waals surface area contributed by atoms with Crippen LogP contribution in [0.3, 0.4) is 0 Å². The number of Topliss-reactive ketones (excluding diaryl/α,β-unsaturated/α-hetero) is 1. The van der Waals surface area contributed by atoms with Crippen LogP contribution in [0, 0.1) is 0 Å². The van der Waals surface area contributed by atoms with Gasteiger partial charge in [0.25, 0.3) is 0 Å². The Hall–Kier alpha value is -0.370. The van der Waals surface area contributed by atoms with Crippen molar-refractivity contribution >= 4 is 5.78 Å². The van der Waals surface area contributed by atoms with E-state index in [0.717, 1.165) is 0 Å². The van der Waals surface area contributed by atoms with Crippen LogP contribution in [-0.2, 0) is 4.79 Å². The molecule has 48 valence electrons. The second-order valence-electron chi connectivity index (χ2n) is 2.33. The molecule has 0 rings (SSSR count). The zero-order valence-corrected chi connectivity index (χ0v) is 5.69. The Morgan fingerprint density at radius 2 is 2.12 bits per heavy atom. The molecule has 2 nitrogen and oxygen atoms in total. The van der Waals surface area contributed by atoms with Gasteiger partial charge in [0.1, 0.15) is 5.78 Å². The lowest BCUT2D eigenvalue weighted by molar-refractivity contribution is -0.121. The predicted molar refractivity (Wildman–Crippen MR) is 33.6 cm³/mol. The lowest BCUT2D eigenvalue weighted by Crippen LogP contribution is -2.42. The van der Waals surface area contributed by atoms with E-state index in [9.17, 15) is 4.79 Å². The first-order valence-corrected chi connectivity index (χ1v) is 2.80. The van der Waals surface area contributed by atoms with Gasteiger partial charge >= 0.3 is 0 Å². The van der Waals surface area contributed by atoms with Crippen molar-refractivity contribution in [3.05, 3.63) is 0 Å². The van der Waals surface area contributed by atoms with Gasteiger partial charge in [-0.2, -0.15) is 0 Å². The molecule has 0 amide bonds. The second kappa shape index (κ2) is 2.27. The summed E-state index contributed by atoms with van der Waals surface area (Å²) in [6.07, 6.45) is 0.711. The van der Waals surface area contributed by atoms with Crippen LogP contribution < -0.4 is 5.73 Å². The molecule has 0 aromatic heterocycles. The molecule has 0 bridgehead atoms. The average Bonchev–Trinajstić information content (AvgIpc) is 1.67. The number of hydrogen-bond acceptors (Lipinski definition) is 2. The van der Waals surface area contributed by atoms with Crippen molar-refractivity contribution in [3.8, 4) is 0 Å². The number of carbonyl (C=O) groups is 1. The number of carbonyl (C=O) groups excluding carboxylic acids is 1. The third-order valence-electron chi connectivity index (χ3n) is 1.54. The van der Waals surface area contributed by atoms with Gasteiger partial charge in [-0.25, -0.2) is 0 Å². The molecule has 8 heavy (non-hydrogen) atoms. The van der Waals surface area contributed by atoms with E-state index in [1.807, 2.05) is 6.92 Å². The predicted octanol–water partition coefficient (Wildman–Crippen LogP) is 0.703. The Morgan fingerprint density at radius 3 is 2.12 bits per heavy atom. The quantitative estimate of drug-likeness (QED) is 0.575. The van der Waals surface area contributed by atoms with E-state index >= 15 is 0 Å². The van der Waals surface area contributed by atoms with Crippen LogP contribution in [0.25, 0.3) is 0 Å². The summed E-state index contributed by atoms with van der Waals surface area (Å²) in [5.74, 6) is 0.0556. The monoisotopic (exact) mass is 115 g/mol. The van der Waals surface area contributed by atoms with Crippen molar-refractivity contribution in [3.63, 3.8) is 0 Å². The SMILES string of the molecule is CCC(C)(N)C(C)=O. The highest BCUT2D eigenvalue weighted by atomic mass is 16.1. The van der Waals surface area contributed by atoms with Gasteiger partial charge < -0.3 is 5.73 Å². The Kier molecular flexibility index (Phi) is 2.16. The molecule has 0 aliphatic heterocycles. The van der Waals surface area contributed by atoms with Crippen LogP contribution in [0.4, 0.5) is 0 Å². The average molecular weight is 115 g/mol. The van der Waals surface area contributed by atoms with E-state index in [0.29, 0.717) is 6.42 Å². The standard InChI is InChI=1S/C6H13NO/c1-4-6(3,7)5(2)8/h4,7H2,1-3H3. The van der Waals surface area contributed by atoms with Crippen LogP contribution in [0.15, 0.2) is 0 Å². The maximum Gasteiger partial charge on any atom is 0.149 e. The number of rotatable bonds is 2. The van der Waals surface area contributed by atoms with Crippen LogP contribution in [0.5, 0.6) is 0 Å². The fraction of sp³-hybridized carbons (Fsp3) is 0.833. The summed E-state index contributed by atoms with van der Waals surface area (Å²) >= 11 is 0. The van der Waals surface area contributed by atoms with Crippen molar-refractivity contribution in [2.75, 3.05) is 0 Å². The maximum absolute atomic E-state index is 10.6. The molecule has 0 aromatic rings. The first kappa shape index (κ1) is 7.63. The molecule has 2 heteroatoms. The Bertz CT molecular complexity index is 96.7. The summed E-state index contributed by atoms with van der Waals surface area (Å²) in [5, 5.41) is 0. The minimum atomic E-state index is -0.597. The zero-order valence-electron chi connectivity index (χ0n) is 5.69. The second-order valence-corrected chi connectivity index (χ2v) is 2.33. The minimum Gasteiger partial charge on any atom is -0.319 e. The lowest BCUT2D eigenvalue weighted by Gasteiger charge is -2.17. The number of hydrogen-bond donors (Lipinski definition) is 1. The van der Waals surface area contributed by atoms with Crippen LogP contribution in [-0.4, -0.2) is 11.3 Å². The summed E-state index contributed by atoms with van der Waals surface area (Å²) in [5.41, 5.74) is 4.91. The molecule has 2 N–H and O–H groups in total. The number of ketones is 1. The highest BCUT2D eigenvalue weighted by Crippen LogP contribution is 2.04.